The van der Waals surface area contributed by atoms with Crippen LogP contribution in [0.4, 0.5) is 17.1 Å². The third-order valence-electron chi connectivity index (χ3n) is 9.82. The fraction of sp³-hybridized carbons (Fsp3) is 0.529. The molecule has 4 heterocycles. The van der Waals surface area contributed by atoms with Crippen LogP contribution in [0.5, 0.6) is 5.88 Å². The molecule has 2 bridgehead atoms. The molecule has 1 aromatic carbocycles. The quantitative estimate of drug-likeness (QED) is 0.396. The fourth-order valence-electron chi connectivity index (χ4n) is 7.17. The second kappa shape index (κ2) is 11.9. The van der Waals surface area contributed by atoms with E-state index in [0.29, 0.717) is 53.6 Å². The zero-order valence-electron chi connectivity index (χ0n) is 26.3. The van der Waals surface area contributed by atoms with Crippen molar-refractivity contribution in [2.45, 2.75) is 70.4 Å². The lowest BCUT2D eigenvalue weighted by molar-refractivity contribution is 0.100. The van der Waals surface area contributed by atoms with Crippen LogP contribution in [0.1, 0.15) is 67.4 Å². The number of rotatable bonds is 4. The van der Waals surface area contributed by atoms with E-state index < -0.39 is 0 Å². The molecule has 7 rings (SSSR count). The predicted molar refractivity (Wildman–Crippen MR) is 175 cm³/mol. The standard InChI is InChI=1S/C34H44N8O2/c1-21-16-24-17-29(36-21)28-19-35-41(4)33(28)44-15-5-6-23(22-7-8-22)20-42-31-14-11-26(18-30(31)38-34(42)39-32(24)43)37-25-9-12-27(13-10-25)40(2)3/h11,14,16-19,22-23,25,27,37H,5-10,12-13,15,20H2,1-4H3,(H,38,39,43)/t23-,25-,27-/m1/s1. The SMILES string of the molecule is Cc1cc2cc(n1)-c1cnn(C)c1OCCC[C@@H](C1CC1)CN1/C(=N/C2=O)Nc2cc(N[C@H]3CC[C@H](N(C)C)CC3)ccc21. The number of fused-ring (bicyclic) bond motifs is 7. The first-order valence-corrected chi connectivity index (χ1v) is 16.2. The highest BCUT2D eigenvalue weighted by atomic mass is 16.5. The van der Waals surface area contributed by atoms with Gasteiger partial charge >= 0.3 is 0 Å². The highest BCUT2D eigenvalue weighted by Crippen LogP contribution is 2.43. The van der Waals surface area contributed by atoms with Crippen LogP contribution >= 0.6 is 0 Å². The molecule has 10 heteroatoms. The first kappa shape index (κ1) is 28.8. The molecule has 2 aliphatic carbocycles. The third-order valence-corrected chi connectivity index (χ3v) is 9.82. The first-order chi connectivity index (χ1) is 21.3. The zero-order valence-corrected chi connectivity index (χ0v) is 26.3. The number of guanidine groups is 1. The van der Waals surface area contributed by atoms with Gasteiger partial charge in [-0.15, -0.1) is 0 Å². The molecule has 44 heavy (non-hydrogen) atoms. The van der Waals surface area contributed by atoms with Crippen LogP contribution in [0.25, 0.3) is 11.3 Å². The summed E-state index contributed by atoms with van der Waals surface area (Å²) in [6.07, 6.45) is 11.0. The van der Waals surface area contributed by atoms with Gasteiger partial charge in [0.25, 0.3) is 5.91 Å². The first-order valence-electron chi connectivity index (χ1n) is 16.2. The number of aryl methyl sites for hydroxylation is 2. The maximum atomic E-state index is 13.8. The number of hydrogen-bond acceptors (Lipinski definition) is 8. The molecule has 0 spiro atoms. The van der Waals surface area contributed by atoms with Gasteiger partial charge in [-0.25, -0.2) is 4.68 Å². The third kappa shape index (κ3) is 5.92. The minimum Gasteiger partial charge on any atom is -0.477 e. The zero-order chi connectivity index (χ0) is 30.4. The average Bonchev–Trinajstić information content (AvgIpc) is 3.71. The number of aromatic nitrogens is 3. The van der Waals surface area contributed by atoms with Gasteiger partial charge in [-0.3, -0.25) is 9.78 Å². The molecule has 0 unspecified atom stereocenters. The van der Waals surface area contributed by atoms with Crippen molar-refractivity contribution in [3.05, 3.63) is 47.8 Å². The number of nitrogens with one attached hydrogen (secondary N) is 2. The van der Waals surface area contributed by atoms with Gasteiger partial charge in [0.2, 0.25) is 11.8 Å². The van der Waals surface area contributed by atoms with Gasteiger partial charge in [-0.1, -0.05) is 0 Å². The van der Waals surface area contributed by atoms with Crippen LogP contribution in [0, 0.1) is 18.8 Å². The molecular weight excluding hydrogens is 552 g/mol. The minimum absolute atomic E-state index is 0.294. The van der Waals surface area contributed by atoms with E-state index in [1.807, 2.05) is 14.0 Å². The van der Waals surface area contributed by atoms with Gasteiger partial charge in [0.1, 0.15) is 0 Å². The number of pyridine rings is 1. The van der Waals surface area contributed by atoms with Crippen LogP contribution in [-0.4, -0.2) is 70.9 Å². The number of ether oxygens (including phenoxy) is 1. The van der Waals surface area contributed by atoms with Gasteiger partial charge in [-0.2, -0.15) is 10.1 Å². The van der Waals surface area contributed by atoms with E-state index in [1.54, 1.807) is 23.0 Å². The van der Waals surface area contributed by atoms with Crippen LogP contribution in [0.15, 0.2) is 41.5 Å². The summed E-state index contributed by atoms with van der Waals surface area (Å²) in [6, 6.07) is 11.3. The molecule has 2 N–H and O–H groups in total. The van der Waals surface area contributed by atoms with Crippen molar-refractivity contribution in [3.8, 4) is 17.1 Å². The lowest BCUT2D eigenvalue weighted by atomic mass is 9.90. The Kier molecular flexibility index (Phi) is 7.78. The molecule has 0 radical (unpaired) electrons. The molecule has 0 saturated heterocycles. The second-order valence-electron chi connectivity index (χ2n) is 13.3. The molecule has 2 fully saturated rings. The monoisotopic (exact) mass is 596 g/mol. The summed E-state index contributed by atoms with van der Waals surface area (Å²) >= 11 is 0. The lowest BCUT2D eigenvalue weighted by Gasteiger charge is -2.33. The van der Waals surface area contributed by atoms with E-state index in [1.165, 1.54) is 38.5 Å². The number of hydrogen-bond donors (Lipinski definition) is 2. The Labute approximate surface area is 259 Å². The van der Waals surface area contributed by atoms with Gasteiger partial charge in [-0.05, 0) is 115 Å². The smallest absolute Gasteiger partial charge is 0.280 e. The van der Waals surface area contributed by atoms with Gasteiger partial charge < -0.3 is 25.2 Å². The molecule has 1 atom stereocenters. The number of carbonyl (C=O) groups is 1. The number of carbonyl (C=O) groups excluding carboxylic acids is 1. The summed E-state index contributed by atoms with van der Waals surface area (Å²) in [4.78, 5) is 27.8. The van der Waals surface area contributed by atoms with Crippen molar-refractivity contribution in [2.24, 2.45) is 23.9 Å². The highest BCUT2D eigenvalue weighted by molar-refractivity contribution is 6.19. The van der Waals surface area contributed by atoms with Crippen LogP contribution < -0.4 is 20.3 Å². The van der Waals surface area contributed by atoms with Crippen LogP contribution in [-0.2, 0) is 7.05 Å². The topological polar surface area (TPSA) is 99.9 Å². The molecular formula is C34H44N8O2. The van der Waals surface area contributed by atoms with Crippen molar-refractivity contribution in [3.63, 3.8) is 0 Å². The Morgan fingerprint density at radius 3 is 2.61 bits per heavy atom. The fourth-order valence-corrected chi connectivity index (χ4v) is 7.17. The van der Waals surface area contributed by atoms with Gasteiger partial charge in [0.05, 0.1) is 35.4 Å². The molecule has 1 amide bonds. The molecule has 2 aliphatic heterocycles. The maximum Gasteiger partial charge on any atom is 0.280 e. The van der Waals surface area contributed by atoms with Gasteiger partial charge in [0.15, 0.2) is 0 Å². The number of amides is 1. The summed E-state index contributed by atoms with van der Waals surface area (Å²) < 4.78 is 8.04. The van der Waals surface area contributed by atoms with E-state index in [9.17, 15) is 4.79 Å². The summed E-state index contributed by atoms with van der Waals surface area (Å²) in [5, 5.41) is 11.8. The molecule has 232 valence electrons. The number of anilines is 3. The van der Waals surface area contributed by atoms with Gasteiger partial charge in [0, 0.05) is 42.6 Å². The summed E-state index contributed by atoms with van der Waals surface area (Å²) in [7, 11) is 6.24. The summed E-state index contributed by atoms with van der Waals surface area (Å²) in [5.41, 5.74) is 5.87. The lowest BCUT2D eigenvalue weighted by Crippen LogP contribution is -2.36. The van der Waals surface area contributed by atoms with E-state index in [-0.39, 0.29) is 5.91 Å². The minimum atomic E-state index is -0.294. The van der Waals surface area contributed by atoms with E-state index in [4.69, 9.17) is 14.7 Å². The Morgan fingerprint density at radius 1 is 1.02 bits per heavy atom. The largest absolute Gasteiger partial charge is 0.477 e. The van der Waals surface area contributed by atoms with Crippen LogP contribution in [0.2, 0.25) is 0 Å². The molecule has 10 nitrogen and oxygen atoms in total. The predicted octanol–water partition coefficient (Wildman–Crippen LogP) is 5.70. The molecule has 2 saturated carbocycles. The van der Waals surface area contributed by atoms with E-state index in [0.717, 1.165) is 47.7 Å². The Bertz CT molecular complexity index is 1570. The molecule has 4 aliphatic rings. The molecule has 2 aromatic heterocycles. The summed E-state index contributed by atoms with van der Waals surface area (Å²) in [5.74, 6) is 2.16. The number of nitrogens with zero attached hydrogens (tertiary/aromatic N) is 6. The van der Waals surface area contributed by atoms with Crippen LogP contribution in [0.3, 0.4) is 0 Å². The average molecular weight is 597 g/mol. The highest BCUT2D eigenvalue weighted by Gasteiger charge is 2.36. The van der Waals surface area contributed by atoms with Crippen molar-refractivity contribution < 1.29 is 9.53 Å². The van der Waals surface area contributed by atoms with Crippen molar-refractivity contribution >= 4 is 28.9 Å². The normalized spacial score (nSPS) is 25.0. The summed E-state index contributed by atoms with van der Waals surface area (Å²) in [6.45, 7) is 3.32. The molecule has 3 aromatic rings. The Balaban J connectivity index is 1.20. The van der Waals surface area contributed by atoms with Crippen molar-refractivity contribution in [2.75, 3.05) is 42.8 Å². The van der Waals surface area contributed by atoms with Crippen molar-refractivity contribution in [1.82, 2.24) is 19.7 Å². The maximum absolute atomic E-state index is 13.8. The Morgan fingerprint density at radius 2 is 1.84 bits per heavy atom. The second-order valence-corrected chi connectivity index (χ2v) is 13.3. The number of benzene rings is 1. The Hall–Kier alpha value is -3.92. The van der Waals surface area contributed by atoms with Crippen molar-refractivity contribution in [1.29, 1.82) is 0 Å². The van der Waals surface area contributed by atoms with E-state index >= 15 is 0 Å². The van der Waals surface area contributed by atoms with E-state index in [2.05, 4.69) is 57.8 Å². The number of aliphatic imine (C=N–C) groups is 1.